The lowest BCUT2D eigenvalue weighted by Gasteiger charge is -2.15. The van der Waals surface area contributed by atoms with E-state index >= 15 is 0 Å². The van der Waals surface area contributed by atoms with Crippen LogP contribution < -0.4 is 5.73 Å². The number of aryl methyl sites for hydroxylation is 1. The van der Waals surface area contributed by atoms with Gasteiger partial charge in [-0.3, -0.25) is 0 Å². The molecule has 1 unspecified atom stereocenters. The van der Waals surface area contributed by atoms with Gasteiger partial charge in [0.25, 0.3) is 0 Å². The van der Waals surface area contributed by atoms with Crippen LogP contribution >= 0.6 is 22.6 Å². The van der Waals surface area contributed by atoms with Gasteiger partial charge in [-0.1, -0.05) is 30.3 Å². The van der Waals surface area contributed by atoms with Gasteiger partial charge < -0.3 is 5.73 Å². The fraction of sp³-hybridized carbons (Fsp3) is 0.200. The van der Waals surface area contributed by atoms with Crippen LogP contribution in [0.1, 0.15) is 22.7 Å². The lowest BCUT2D eigenvalue weighted by Crippen LogP contribution is -2.15. The molecule has 0 aliphatic rings. The number of nitrogens with two attached hydrogens (primary N) is 1. The second kappa shape index (κ2) is 5.80. The van der Waals surface area contributed by atoms with E-state index in [0.29, 0.717) is 6.42 Å². The topological polar surface area (TPSA) is 26.0 Å². The van der Waals surface area contributed by atoms with Gasteiger partial charge in [-0.25, -0.2) is 4.39 Å². The Hall–Kier alpha value is -0.940. The molecule has 2 aromatic carbocycles. The first-order chi connectivity index (χ1) is 8.58. The smallest absolute Gasteiger partial charge is 0.123 e. The number of hydrogen-bond acceptors (Lipinski definition) is 1. The van der Waals surface area contributed by atoms with Gasteiger partial charge in [0.05, 0.1) is 0 Å². The molecular weight excluding hydrogens is 340 g/mol. The zero-order valence-corrected chi connectivity index (χ0v) is 12.3. The molecule has 18 heavy (non-hydrogen) atoms. The van der Waals surface area contributed by atoms with Crippen LogP contribution in [0, 0.1) is 16.3 Å². The standard InChI is InChI=1S/C15H15FIN/c1-10-4-2-7-13(15(10)17)14(18)9-11-5-3-6-12(16)8-11/h2-8,14H,9,18H2,1H3. The Morgan fingerprint density at radius 1 is 1.22 bits per heavy atom. The molecule has 0 spiro atoms. The highest BCUT2D eigenvalue weighted by Gasteiger charge is 2.12. The van der Waals surface area contributed by atoms with Gasteiger partial charge in [-0.05, 0) is 64.8 Å². The third-order valence-corrected chi connectivity index (χ3v) is 4.44. The molecule has 2 aromatic rings. The van der Waals surface area contributed by atoms with Crippen molar-refractivity contribution in [2.24, 2.45) is 5.73 Å². The van der Waals surface area contributed by atoms with E-state index in [-0.39, 0.29) is 11.9 Å². The fourth-order valence-corrected chi connectivity index (χ4v) is 2.74. The van der Waals surface area contributed by atoms with Crippen molar-refractivity contribution in [2.75, 3.05) is 0 Å². The van der Waals surface area contributed by atoms with Crippen molar-refractivity contribution in [3.8, 4) is 0 Å². The summed E-state index contributed by atoms with van der Waals surface area (Å²) in [6, 6.07) is 12.6. The molecule has 1 nitrogen and oxygen atoms in total. The monoisotopic (exact) mass is 355 g/mol. The van der Waals surface area contributed by atoms with Crippen LogP contribution in [0.3, 0.4) is 0 Å². The molecule has 0 amide bonds. The first-order valence-corrected chi connectivity index (χ1v) is 6.91. The molecule has 0 saturated heterocycles. The van der Waals surface area contributed by atoms with Gasteiger partial charge in [0.15, 0.2) is 0 Å². The molecule has 2 N–H and O–H groups in total. The molecule has 0 heterocycles. The Bertz CT molecular complexity index is 554. The number of rotatable bonds is 3. The lowest BCUT2D eigenvalue weighted by atomic mass is 9.98. The summed E-state index contributed by atoms with van der Waals surface area (Å²) in [6.45, 7) is 2.07. The van der Waals surface area contributed by atoms with Crippen LogP contribution in [0.25, 0.3) is 0 Å². The number of hydrogen-bond donors (Lipinski definition) is 1. The summed E-state index contributed by atoms with van der Waals surface area (Å²) >= 11 is 2.32. The summed E-state index contributed by atoms with van der Waals surface area (Å²) in [5.74, 6) is -0.210. The van der Waals surface area contributed by atoms with E-state index in [2.05, 4.69) is 35.6 Å². The molecule has 3 heteroatoms. The average Bonchev–Trinajstić information content (AvgIpc) is 2.32. The Morgan fingerprint density at radius 3 is 2.67 bits per heavy atom. The fourth-order valence-electron chi connectivity index (χ4n) is 1.98. The van der Waals surface area contributed by atoms with Crippen molar-refractivity contribution in [2.45, 2.75) is 19.4 Å². The van der Waals surface area contributed by atoms with Crippen LogP contribution in [0.4, 0.5) is 4.39 Å². The Morgan fingerprint density at radius 2 is 1.94 bits per heavy atom. The molecule has 1 atom stereocenters. The second-order valence-corrected chi connectivity index (χ2v) is 5.50. The van der Waals surface area contributed by atoms with Crippen LogP contribution in [-0.2, 0) is 6.42 Å². The van der Waals surface area contributed by atoms with E-state index in [1.165, 1.54) is 15.2 Å². The first-order valence-electron chi connectivity index (χ1n) is 5.83. The Labute approximate surface area is 120 Å². The third kappa shape index (κ3) is 3.09. The molecule has 0 aliphatic carbocycles. The van der Waals surface area contributed by atoms with Gasteiger partial charge in [0.1, 0.15) is 5.82 Å². The van der Waals surface area contributed by atoms with Crippen molar-refractivity contribution in [1.29, 1.82) is 0 Å². The summed E-state index contributed by atoms with van der Waals surface area (Å²) in [7, 11) is 0. The third-order valence-electron chi connectivity index (χ3n) is 2.97. The quantitative estimate of drug-likeness (QED) is 0.829. The van der Waals surface area contributed by atoms with Crippen LogP contribution in [0.15, 0.2) is 42.5 Å². The molecule has 0 saturated carbocycles. The van der Waals surface area contributed by atoms with Gasteiger partial charge in [-0.2, -0.15) is 0 Å². The zero-order valence-electron chi connectivity index (χ0n) is 10.2. The van der Waals surface area contributed by atoms with E-state index in [4.69, 9.17) is 5.73 Å². The predicted molar refractivity (Wildman–Crippen MR) is 80.9 cm³/mol. The molecule has 0 bridgehead atoms. The lowest BCUT2D eigenvalue weighted by molar-refractivity contribution is 0.622. The van der Waals surface area contributed by atoms with Crippen LogP contribution in [-0.4, -0.2) is 0 Å². The number of halogens is 2. The van der Waals surface area contributed by atoms with Crippen molar-refractivity contribution in [3.05, 3.63) is 68.5 Å². The Kier molecular flexibility index (Phi) is 4.35. The van der Waals surface area contributed by atoms with E-state index in [9.17, 15) is 4.39 Å². The second-order valence-electron chi connectivity index (χ2n) is 4.42. The minimum absolute atomic E-state index is 0.0985. The first kappa shape index (κ1) is 13.5. The summed E-state index contributed by atoms with van der Waals surface area (Å²) in [4.78, 5) is 0. The van der Waals surface area contributed by atoms with E-state index in [1.54, 1.807) is 12.1 Å². The molecule has 94 valence electrons. The maximum atomic E-state index is 13.1. The van der Waals surface area contributed by atoms with Crippen molar-refractivity contribution in [3.63, 3.8) is 0 Å². The van der Waals surface area contributed by atoms with Gasteiger partial charge in [0.2, 0.25) is 0 Å². The summed E-state index contributed by atoms with van der Waals surface area (Å²) < 4.78 is 14.3. The van der Waals surface area contributed by atoms with Crippen molar-refractivity contribution < 1.29 is 4.39 Å². The zero-order chi connectivity index (χ0) is 13.1. The summed E-state index contributed by atoms with van der Waals surface area (Å²) in [5.41, 5.74) is 9.50. The van der Waals surface area contributed by atoms with Crippen LogP contribution in [0.2, 0.25) is 0 Å². The van der Waals surface area contributed by atoms with E-state index in [0.717, 1.165) is 11.1 Å². The molecule has 2 rings (SSSR count). The van der Waals surface area contributed by atoms with Gasteiger partial charge in [-0.15, -0.1) is 0 Å². The molecule has 0 radical (unpaired) electrons. The summed E-state index contributed by atoms with van der Waals surface area (Å²) in [5, 5.41) is 0. The maximum absolute atomic E-state index is 13.1. The molecule has 0 aromatic heterocycles. The van der Waals surface area contributed by atoms with Gasteiger partial charge in [0, 0.05) is 9.61 Å². The minimum Gasteiger partial charge on any atom is -0.324 e. The van der Waals surface area contributed by atoms with E-state index in [1.807, 2.05) is 18.2 Å². The average molecular weight is 355 g/mol. The summed E-state index contributed by atoms with van der Waals surface area (Å²) in [6.07, 6.45) is 0.650. The minimum atomic E-state index is -0.210. The van der Waals surface area contributed by atoms with Gasteiger partial charge >= 0.3 is 0 Å². The predicted octanol–water partition coefficient (Wildman–Crippen LogP) is 3.98. The van der Waals surface area contributed by atoms with Crippen LogP contribution in [0.5, 0.6) is 0 Å². The normalized spacial score (nSPS) is 12.4. The molecular formula is C15H15FIN. The highest BCUT2D eigenvalue weighted by molar-refractivity contribution is 14.1. The number of benzene rings is 2. The van der Waals surface area contributed by atoms with E-state index < -0.39 is 0 Å². The molecule has 0 fully saturated rings. The highest BCUT2D eigenvalue weighted by atomic mass is 127. The van der Waals surface area contributed by atoms with Crippen molar-refractivity contribution in [1.82, 2.24) is 0 Å². The molecule has 0 aliphatic heterocycles. The maximum Gasteiger partial charge on any atom is 0.123 e. The SMILES string of the molecule is Cc1cccc(C(N)Cc2cccc(F)c2)c1I. The van der Waals surface area contributed by atoms with Crippen molar-refractivity contribution >= 4 is 22.6 Å². The largest absolute Gasteiger partial charge is 0.324 e. The highest BCUT2D eigenvalue weighted by Crippen LogP contribution is 2.24. The Balaban J connectivity index is 2.22.